The fraction of sp³-hybridized carbons (Fsp3) is 0.545. The standard InChI is InChI=1S/C22H31N3O2/c1-15(2)11-18(25-7-9-27-10-8-25)14-23-22(26)20-13-17(4)24-21-6-5-16(3)12-19(20)21/h5-6,12-13,15,18H,7-11,14H2,1-4H3,(H,23,26). The molecule has 0 bridgehead atoms. The number of fused-ring (bicyclic) bond motifs is 1. The molecule has 1 fully saturated rings. The molecule has 1 N–H and O–H groups in total. The molecule has 0 spiro atoms. The maximum absolute atomic E-state index is 13.0. The van der Waals surface area contributed by atoms with E-state index >= 15 is 0 Å². The number of benzene rings is 1. The van der Waals surface area contributed by atoms with Gasteiger partial charge in [0.2, 0.25) is 0 Å². The Morgan fingerprint density at radius 1 is 1.22 bits per heavy atom. The van der Waals surface area contributed by atoms with Crippen LogP contribution < -0.4 is 5.32 Å². The van der Waals surface area contributed by atoms with Crippen LogP contribution in [-0.2, 0) is 4.74 Å². The highest BCUT2D eigenvalue weighted by atomic mass is 16.5. The molecule has 1 aliphatic rings. The van der Waals surface area contributed by atoms with Gasteiger partial charge in [0, 0.05) is 36.8 Å². The van der Waals surface area contributed by atoms with E-state index in [-0.39, 0.29) is 5.91 Å². The summed E-state index contributed by atoms with van der Waals surface area (Å²) in [6.07, 6.45) is 1.06. The molecule has 0 saturated carbocycles. The summed E-state index contributed by atoms with van der Waals surface area (Å²) < 4.78 is 5.49. The van der Waals surface area contributed by atoms with Crippen molar-refractivity contribution in [2.45, 2.75) is 40.2 Å². The van der Waals surface area contributed by atoms with Gasteiger partial charge in [0.1, 0.15) is 0 Å². The third-order valence-corrected chi connectivity index (χ3v) is 5.14. The summed E-state index contributed by atoms with van der Waals surface area (Å²) >= 11 is 0. The van der Waals surface area contributed by atoms with Gasteiger partial charge < -0.3 is 10.1 Å². The molecular formula is C22H31N3O2. The molecule has 2 heterocycles. The van der Waals surface area contributed by atoms with E-state index in [0.717, 1.165) is 54.9 Å². The number of pyridine rings is 1. The molecule has 146 valence electrons. The average Bonchev–Trinajstić information content (AvgIpc) is 2.65. The Labute approximate surface area is 162 Å². The molecule has 27 heavy (non-hydrogen) atoms. The minimum Gasteiger partial charge on any atom is -0.379 e. The number of rotatable bonds is 6. The highest BCUT2D eigenvalue weighted by molar-refractivity contribution is 6.06. The zero-order chi connectivity index (χ0) is 19.4. The fourth-order valence-corrected chi connectivity index (χ4v) is 3.81. The molecule has 5 heteroatoms. The predicted octanol–water partition coefficient (Wildman–Crippen LogP) is 3.33. The van der Waals surface area contributed by atoms with Crippen molar-refractivity contribution >= 4 is 16.8 Å². The van der Waals surface area contributed by atoms with Crippen molar-refractivity contribution in [1.29, 1.82) is 0 Å². The molecule has 1 atom stereocenters. The molecule has 5 nitrogen and oxygen atoms in total. The van der Waals surface area contributed by atoms with E-state index in [1.54, 1.807) is 0 Å². The van der Waals surface area contributed by atoms with Gasteiger partial charge in [0.05, 0.1) is 24.3 Å². The minimum absolute atomic E-state index is 0.0156. The summed E-state index contributed by atoms with van der Waals surface area (Å²) in [5, 5.41) is 4.11. The number of hydrogen-bond donors (Lipinski definition) is 1. The predicted molar refractivity (Wildman–Crippen MR) is 109 cm³/mol. The Kier molecular flexibility index (Phi) is 6.45. The molecule has 3 rings (SSSR count). The number of amides is 1. The van der Waals surface area contributed by atoms with Crippen LogP contribution in [0.5, 0.6) is 0 Å². The lowest BCUT2D eigenvalue weighted by molar-refractivity contribution is 0.0124. The summed E-state index contributed by atoms with van der Waals surface area (Å²) in [6, 6.07) is 8.30. The van der Waals surface area contributed by atoms with Crippen LogP contribution in [0, 0.1) is 19.8 Å². The van der Waals surface area contributed by atoms with Crippen molar-refractivity contribution in [1.82, 2.24) is 15.2 Å². The minimum atomic E-state index is -0.0156. The van der Waals surface area contributed by atoms with Crippen LogP contribution in [0.2, 0.25) is 0 Å². The Hall–Kier alpha value is -1.98. The normalized spacial score (nSPS) is 16.6. The van der Waals surface area contributed by atoms with E-state index in [4.69, 9.17) is 4.74 Å². The molecule has 1 aromatic heterocycles. The quantitative estimate of drug-likeness (QED) is 0.849. The number of nitrogens with zero attached hydrogens (tertiary/aromatic N) is 2. The Morgan fingerprint density at radius 2 is 1.96 bits per heavy atom. The van der Waals surface area contributed by atoms with Crippen molar-refractivity contribution in [2.75, 3.05) is 32.8 Å². The van der Waals surface area contributed by atoms with Gasteiger partial charge in [-0.25, -0.2) is 0 Å². The number of carbonyl (C=O) groups is 1. The van der Waals surface area contributed by atoms with Crippen molar-refractivity contribution in [3.05, 3.63) is 41.1 Å². The molecule has 1 aromatic carbocycles. The van der Waals surface area contributed by atoms with Crippen LogP contribution in [-0.4, -0.2) is 54.7 Å². The number of ether oxygens (including phenoxy) is 1. The summed E-state index contributed by atoms with van der Waals surface area (Å²) in [4.78, 5) is 20.0. The van der Waals surface area contributed by atoms with Crippen LogP contribution in [0.4, 0.5) is 0 Å². The summed E-state index contributed by atoms with van der Waals surface area (Å²) in [6.45, 7) is 12.5. The fourth-order valence-electron chi connectivity index (χ4n) is 3.81. The maximum Gasteiger partial charge on any atom is 0.252 e. The maximum atomic E-state index is 13.0. The number of nitrogens with one attached hydrogen (secondary N) is 1. The number of carbonyl (C=O) groups excluding carboxylic acids is 1. The zero-order valence-corrected chi connectivity index (χ0v) is 16.9. The number of aromatic nitrogens is 1. The van der Waals surface area contributed by atoms with Crippen LogP contribution in [0.3, 0.4) is 0 Å². The van der Waals surface area contributed by atoms with Gasteiger partial charge in [0.25, 0.3) is 5.91 Å². The van der Waals surface area contributed by atoms with Crippen LogP contribution in [0.25, 0.3) is 10.9 Å². The molecule has 0 aliphatic carbocycles. The van der Waals surface area contributed by atoms with Gasteiger partial charge in [0.15, 0.2) is 0 Å². The molecule has 2 aromatic rings. The average molecular weight is 370 g/mol. The number of hydrogen-bond acceptors (Lipinski definition) is 4. The Balaban J connectivity index is 1.77. The van der Waals surface area contributed by atoms with E-state index in [1.807, 2.05) is 38.1 Å². The van der Waals surface area contributed by atoms with E-state index in [0.29, 0.717) is 24.1 Å². The van der Waals surface area contributed by atoms with Gasteiger partial charge >= 0.3 is 0 Å². The van der Waals surface area contributed by atoms with Crippen LogP contribution >= 0.6 is 0 Å². The van der Waals surface area contributed by atoms with E-state index in [1.165, 1.54) is 0 Å². The summed E-state index contributed by atoms with van der Waals surface area (Å²) in [7, 11) is 0. The van der Waals surface area contributed by atoms with E-state index in [2.05, 4.69) is 29.0 Å². The third-order valence-electron chi connectivity index (χ3n) is 5.14. The summed E-state index contributed by atoms with van der Waals surface area (Å²) in [5.41, 5.74) is 3.58. The van der Waals surface area contributed by atoms with Crippen molar-refractivity contribution in [3.8, 4) is 0 Å². The number of morpholine rings is 1. The van der Waals surface area contributed by atoms with Gasteiger partial charge in [-0.15, -0.1) is 0 Å². The van der Waals surface area contributed by atoms with Crippen molar-refractivity contribution < 1.29 is 9.53 Å². The van der Waals surface area contributed by atoms with Crippen molar-refractivity contribution in [2.24, 2.45) is 5.92 Å². The topological polar surface area (TPSA) is 54.5 Å². The van der Waals surface area contributed by atoms with Gasteiger partial charge in [-0.1, -0.05) is 25.5 Å². The molecule has 1 unspecified atom stereocenters. The first-order chi connectivity index (χ1) is 12.9. The first-order valence-electron chi connectivity index (χ1n) is 9.92. The lowest BCUT2D eigenvalue weighted by Gasteiger charge is -2.35. The van der Waals surface area contributed by atoms with Gasteiger partial charge in [-0.2, -0.15) is 0 Å². The lowest BCUT2D eigenvalue weighted by atomic mass is 10.0. The molecule has 1 aliphatic heterocycles. The Morgan fingerprint density at radius 3 is 2.67 bits per heavy atom. The lowest BCUT2D eigenvalue weighted by Crippen LogP contribution is -2.49. The first-order valence-corrected chi connectivity index (χ1v) is 9.92. The second kappa shape index (κ2) is 8.81. The zero-order valence-electron chi connectivity index (χ0n) is 16.9. The number of aryl methyl sites for hydroxylation is 2. The SMILES string of the molecule is Cc1ccc2nc(C)cc(C(=O)NCC(CC(C)C)N3CCOCC3)c2c1. The van der Waals surface area contributed by atoms with E-state index < -0.39 is 0 Å². The second-order valence-corrected chi connectivity index (χ2v) is 7.97. The van der Waals surface area contributed by atoms with Crippen LogP contribution in [0.1, 0.15) is 41.9 Å². The van der Waals surface area contributed by atoms with Gasteiger partial charge in [-0.3, -0.25) is 14.7 Å². The Bertz CT molecular complexity index is 797. The highest BCUT2D eigenvalue weighted by Crippen LogP contribution is 2.20. The molecular weight excluding hydrogens is 338 g/mol. The smallest absolute Gasteiger partial charge is 0.252 e. The highest BCUT2D eigenvalue weighted by Gasteiger charge is 2.23. The third kappa shape index (κ3) is 5.05. The monoisotopic (exact) mass is 369 g/mol. The first kappa shape index (κ1) is 19.8. The molecule has 1 amide bonds. The molecule has 0 radical (unpaired) electrons. The largest absolute Gasteiger partial charge is 0.379 e. The second-order valence-electron chi connectivity index (χ2n) is 7.97. The van der Waals surface area contributed by atoms with Crippen LogP contribution in [0.15, 0.2) is 24.3 Å². The van der Waals surface area contributed by atoms with E-state index in [9.17, 15) is 4.79 Å². The molecule has 1 saturated heterocycles. The van der Waals surface area contributed by atoms with Crippen molar-refractivity contribution in [3.63, 3.8) is 0 Å². The summed E-state index contributed by atoms with van der Waals surface area (Å²) in [5.74, 6) is 0.569. The van der Waals surface area contributed by atoms with Gasteiger partial charge in [-0.05, 0) is 44.4 Å².